The van der Waals surface area contributed by atoms with Gasteiger partial charge in [-0.05, 0) is 73.8 Å². The molecule has 0 aliphatic rings. The molecule has 0 aromatic heterocycles. The molecule has 1 N–H and O–H groups in total. The Morgan fingerprint density at radius 3 is 2.36 bits per heavy atom. The van der Waals surface area contributed by atoms with E-state index in [2.05, 4.69) is 31.9 Å². The summed E-state index contributed by atoms with van der Waals surface area (Å²) in [7, 11) is 1.56. The van der Waals surface area contributed by atoms with E-state index in [4.69, 9.17) is 14.6 Å². The van der Waals surface area contributed by atoms with Gasteiger partial charge >= 0.3 is 5.97 Å². The largest absolute Gasteiger partial charge is 0.496 e. The molecule has 0 amide bonds. The predicted octanol–water partition coefficient (Wildman–Crippen LogP) is 4.58. The van der Waals surface area contributed by atoms with E-state index in [-0.39, 0.29) is 5.78 Å². The number of methoxy groups -OCH3 is 1. The fraction of sp³-hybridized carbons (Fsp3) is 0.111. The van der Waals surface area contributed by atoms with Crippen molar-refractivity contribution in [2.75, 3.05) is 13.7 Å². The molecule has 2 aromatic rings. The highest BCUT2D eigenvalue weighted by molar-refractivity contribution is 9.10. The van der Waals surface area contributed by atoms with Crippen molar-refractivity contribution < 1.29 is 24.2 Å². The van der Waals surface area contributed by atoms with Crippen LogP contribution >= 0.6 is 31.9 Å². The summed E-state index contributed by atoms with van der Waals surface area (Å²) in [5, 5.41) is 8.63. The van der Waals surface area contributed by atoms with Crippen molar-refractivity contribution in [1.82, 2.24) is 0 Å². The monoisotopic (exact) mass is 468 g/mol. The quantitative estimate of drug-likeness (QED) is 0.474. The Hall–Kier alpha value is -2.12. The molecule has 0 unspecified atom stereocenters. The lowest BCUT2D eigenvalue weighted by Crippen LogP contribution is -2.09. The highest BCUT2D eigenvalue weighted by Gasteiger charge is 2.07. The van der Waals surface area contributed by atoms with Gasteiger partial charge in [-0.3, -0.25) is 4.79 Å². The molecule has 25 heavy (non-hydrogen) atoms. The molecule has 0 heterocycles. The zero-order valence-electron chi connectivity index (χ0n) is 13.2. The van der Waals surface area contributed by atoms with Crippen LogP contribution in [0.5, 0.6) is 11.5 Å². The van der Waals surface area contributed by atoms with Crippen LogP contribution in [0.1, 0.15) is 15.9 Å². The first-order valence-corrected chi connectivity index (χ1v) is 8.69. The maximum atomic E-state index is 12.2. The Labute approximate surface area is 161 Å². The van der Waals surface area contributed by atoms with Gasteiger partial charge < -0.3 is 14.6 Å². The molecule has 0 aliphatic heterocycles. The minimum atomic E-state index is -1.05. The topological polar surface area (TPSA) is 72.8 Å². The average Bonchev–Trinajstić information content (AvgIpc) is 2.58. The number of rotatable bonds is 7. The third-order valence-corrected chi connectivity index (χ3v) is 4.41. The Morgan fingerprint density at radius 2 is 1.76 bits per heavy atom. The molecular formula is C18H14Br2O5. The van der Waals surface area contributed by atoms with Crippen molar-refractivity contribution in [3.05, 3.63) is 62.5 Å². The summed E-state index contributed by atoms with van der Waals surface area (Å²) in [4.78, 5) is 22.8. The minimum Gasteiger partial charge on any atom is -0.496 e. The Bertz CT molecular complexity index is 830. The molecule has 0 saturated heterocycles. The molecule has 0 atom stereocenters. The third-order valence-electron chi connectivity index (χ3n) is 3.17. The molecule has 7 heteroatoms. The Kier molecular flexibility index (Phi) is 6.78. The smallest absolute Gasteiger partial charge is 0.341 e. The van der Waals surface area contributed by atoms with Crippen LogP contribution in [0.15, 0.2) is 51.4 Å². The SMILES string of the molecule is COc1ccc(C(=O)/C=C/c2ccc(OCC(=O)O)c(Br)c2)cc1Br. The van der Waals surface area contributed by atoms with Gasteiger partial charge in [-0.1, -0.05) is 12.1 Å². The van der Waals surface area contributed by atoms with Crippen LogP contribution in [0.25, 0.3) is 6.08 Å². The van der Waals surface area contributed by atoms with Gasteiger partial charge in [0.05, 0.1) is 16.1 Å². The standard InChI is InChI=1S/C18H14Br2O5/c1-24-16-7-4-12(9-14(16)20)15(21)5-2-11-3-6-17(13(19)8-11)25-10-18(22)23/h2-9H,10H2,1H3,(H,22,23)/b5-2+. The Balaban J connectivity index is 2.10. The molecule has 2 rings (SSSR count). The first-order chi connectivity index (χ1) is 11.9. The molecular weight excluding hydrogens is 456 g/mol. The van der Waals surface area contributed by atoms with Gasteiger partial charge in [0.25, 0.3) is 0 Å². The van der Waals surface area contributed by atoms with Crippen molar-refractivity contribution in [2.24, 2.45) is 0 Å². The van der Waals surface area contributed by atoms with Crippen LogP contribution in [-0.4, -0.2) is 30.6 Å². The molecule has 0 radical (unpaired) electrons. The van der Waals surface area contributed by atoms with Gasteiger partial charge in [0, 0.05) is 5.56 Å². The summed E-state index contributed by atoms with van der Waals surface area (Å²) in [6.07, 6.45) is 3.14. The van der Waals surface area contributed by atoms with Crippen molar-refractivity contribution in [2.45, 2.75) is 0 Å². The summed E-state index contributed by atoms with van der Waals surface area (Å²) in [5.74, 6) is -0.121. The van der Waals surface area contributed by atoms with Gasteiger partial charge in [0.1, 0.15) is 11.5 Å². The zero-order valence-corrected chi connectivity index (χ0v) is 16.3. The number of ketones is 1. The second kappa shape index (κ2) is 8.82. The molecule has 0 bridgehead atoms. The molecule has 0 saturated carbocycles. The number of hydrogen-bond acceptors (Lipinski definition) is 4. The van der Waals surface area contributed by atoms with E-state index in [1.165, 1.54) is 6.08 Å². The van der Waals surface area contributed by atoms with Gasteiger partial charge in [0.2, 0.25) is 0 Å². The molecule has 130 valence electrons. The van der Waals surface area contributed by atoms with Gasteiger partial charge in [-0.25, -0.2) is 4.79 Å². The lowest BCUT2D eigenvalue weighted by atomic mass is 10.1. The number of aliphatic carboxylic acids is 1. The van der Waals surface area contributed by atoms with E-state index >= 15 is 0 Å². The fourth-order valence-corrected chi connectivity index (χ4v) is 3.02. The summed E-state index contributed by atoms with van der Waals surface area (Å²) < 4.78 is 11.6. The van der Waals surface area contributed by atoms with Crippen molar-refractivity contribution >= 4 is 49.7 Å². The lowest BCUT2D eigenvalue weighted by Gasteiger charge is -2.06. The van der Waals surface area contributed by atoms with E-state index in [1.807, 2.05) is 0 Å². The molecule has 0 aliphatic carbocycles. The molecule has 5 nitrogen and oxygen atoms in total. The number of carbonyl (C=O) groups is 2. The van der Waals surface area contributed by atoms with E-state index in [0.717, 1.165) is 5.56 Å². The van der Waals surface area contributed by atoms with Gasteiger partial charge in [-0.15, -0.1) is 0 Å². The highest BCUT2D eigenvalue weighted by atomic mass is 79.9. The summed E-state index contributed by atoms with van der Waals surface area (Å²) >= 11 is 6.67. The number of allylic oxidation sites excluding steroid dienone is 1. The summed E-state index contributed by atoms with van der Waals surface area (Å²) in [6.45, 7) is -0.418. The lowest BCUT2D eigenvalue weighted by molar-refractivity contribution is -0.139. The van der Waals surface area contributed by atoms with Crippen LogP contribution in [0.4, 0.5) is 0 Å². The number of carboxylic acids is 1. The zero-order chi connectivity index (χ0) is 18.4. The highest BCUT2D eigenvalue weighted by Crippen LogP contribution is 2.27. The van der Waals surface area contributed by atoms with Crippen molar-refractivity contribution in [1.29, 1.82) is 0 Å². The van der Waals surface area contributed by atoms with Crippen LogP contribution < -0.4 is 9.47 Å². The fourth-order valence-electron chi connectivity index (χ4n) is 1.97. The second-order valence-corrected chi connectivity index (χ2v) is 6.63. The van der Waals surface area contributed by atoms with E-state index in [1.54, 1.807) is 49.6 Å². The minimum absolute atomic E-state index is 0.148. The van der Waals surface area contributed by atoms with E-state index < -0.39 is 12.6 Å². The van der Waals surface area contributed by atoms with Crippen LogP contribution in [0, 0.1) is 0 Å². The molecule has 2 aromatic carbocycles. The number of carboxylic acid groups (broad SMARTS) is 1. The summed E-state index contributed by atoms with van der Waals surface area (Å²) in [5.41, 5.74) is 1.31. The van der Waals surface area contributed by atoms with Crippen LogP contribution in [0.2, 0.25) is 0 Å². The molecule has 0 fully saturated rings. The third kappa shape index (κ3) is 5.44. The maximum absolute atomic E-state index is 12.2. The van der Waals surface area contributed by atoms with Crippen LogP contribution in [-0.2, 0) is 4.79 Å². The number of halogens is 2. The Morgan fingerprint density at radius 1 is 1.08 bits per heavy atom. The maximum Gasteiger partial charge on any atom is 0.341 e. The van der Waals surface area contributed by atoms with E-state index in [0.29, 0.717) is 26.0 Å². The molecule has 0 spiro atoms. The number of hydrogen-bond donors (Lipinski definition) is 1. The number of carbonyl (C=O) groups excluding carboxylic acids is 1. The van der Waals surface area contributed by atoms with Gasteiger partial charge in [-0.2, -0.15) is 0 Å². The van der Waals surface area contributed by atoms with Crippen molar-refractivity contribution in [3.63, 3.8) is 0 Å². The number of ether oxygens (including phenoxy) is 2. The summed E-state index contributed by atoms with van der Waals surface area (Å²) in [6, 6.07) is 10.2. The van der Waals surface area contributed by atoms with Crippen molar-refractivity contribution in [3.8, 4) is 11.5 Å². The van der Waals surface area contributed by atoms with Crippen LogP contribution in [0.3, 0.4) is 0 Å². The number of benzene rings is 2. The normalized spacial score (nSPS) is 10.7. The first-order valence-electron chi connectivity index (χ1n) is 7.11. The van der Waals surface area contributed by atoms with E-state index in [9.17, 15) is 9.59 Å². The predicted molar refractivity (Wildman–Crippen MR) is 101 cm³/mol. The van der Waals surface area contributed by atoms with Gasteiger partial charge in [0.15, 0.2) is 12.4 Å². The average molecular weight is 470 g/mol. The first kappa shape index (κ1) is 19.2. The second-order valence-electron chi connectivity index (χ2n) is 4.92.